The van der Waals surface area contributed by atoms with Crippen LogP contribution in [0.4, 0.5) is 4.79 Å². The van der Waals surface area contributed by atoms with Crippen LogP contribution < -0.4 is 10.6 Å². The molecule has 4 fully saturated rings. The smallest absolute Gasteiger partial charge is 0.317 e. The van der Waals surface area contributed by atoms with E-state index in [1.807, 2.05) is 29.2 Å². The zero-order valence-corrected chi connectivity index (χ0v) is 21.7. The minimum absolute atomic E-state index is 0.0104. The topological polar surface area (TPSA) is 88.5 Å². The number of rotatable bonds is 9. The summed E-state index contributed by atoms with van der Waals surface area (Å²) >= 11 is 0. The average Bonchev–Trinajstić information content (AvgIpc) is 3.40. The molecule has 7 heteroatoms. The number of amides is 3. The second-order valence-electron chi connectivity index (χ2n) is 11.7. The van der Waals surface area contributed by atoms with Gasteiger partial charge in [-0.25, -0.2) is 4.79 Å². The lowest BCUT2D eigenvalue weighted by Gasteiger charge is -2.34. The highest BCUT2D eigenvalue weighted by molar-refractivity contribution is 6.07. The van der Waals surface area contributed by atoms with Crippen molar-refractivity contribution < 1.29 is 9.59 Å². The zero-order valence-electron chi connectivity index (χ0n) is 21.7. The summed E-state index contributed by atoms with van der Waals surface area (Å²) in [4.78, 5) is 29.3. The van der Waals surface area contributed by atoms with E-state index in [1.54, 1.807) is 4.90 Å². The van der Waals surface area contributed by atoms with Gasteiger partial charge in [0.15, 0.2) is 5.96 Å². The highest BCUT2D eigenvalue weighted by Crippen LogP contribution is 2.38. The van der Waals surface area contributed by atoms with Crippen LogP contribution in [0.1, 0.15) is 94.6 Å². The van der Waals surface area contributed by atoms with E-state index in [1.165, 1.54) is 64.2 Å². The summed E-state index contributed by atoms with van der Waals surface area (Å²) in [5.74, 6) is 1.67. The highest BCUT2D eigenvalue weighted by Gasteiger charge is 2.50. The second kappa shape index (κ2) is 11.2. The number of urea groups is 1. The summed E-state index contributed by atoms with van der Waals surface area (Å²) in [7, 11) is 0. The summed E-state index contributed by atoms with van der Waals surface area (Å²) in [6, 6.07) is 8.14. The first kappa shape index (κ1) is 25.1. The van der Waals surface area contributed by atoms with Crippen LogP contribution >= 0.6 is 0 Å². The fourth-order valence-electron chi connectivity index (χ4n) is 6.89. The maximum Gasteiger partial charge on any atom is 0.317 e. The molecule has 1 aromatic rings. The van der Waals surface area contributed by atoms with E-state index < -0.39 is 5.54 Å². The Morgan fingerprint density at radius 2 is 1.47 bits per heavy atom. The molecule has 0 bridgehead atoms. The quantitative estimate of drug-likeness (QED) is 0.445. The van der Waals surface area contributed by atoms with Gasteiger partial charge in [-0.2, -0.15) is 0 Å². The van der Waals surface area contributed by atoms with Gasteiger partial charge >= 0.3 is 6.03 Å². The van der Waals surface area contributed by atoms with Gasteiger partial charge in [-0.15, -0.1) is 0 Å². The zero-order chi connectivity index (χ0) is 25.0. The van der Waals surface area contributed by atoms with E-state index in [-0.39, 0.29) is 17.9 Å². The molecule has 0 spiro atoms. The van der Waals surface area contributed by atoms with Gasteiger partial charge in [0.1, 0.15) is 5.54 Å². The molecule has 2 aliphatic heterocycles. The summed E-state index contributed by atoms with van der Waals surface area (Å²) in [6.07, 6.45) is 15.7. The third-order valence-corrected chi connectivity index (χ3v) is 9.03. The highest BCUT2D eigenvalue weighted by atomic mass is 16.2. The van der Waals surface area contributed by atoms with Crippen LogP contribution in [0.25, 0.3) is 0 Å². The first-order chi connectivity index (χ1) is 17.5. The standard InChI is InChI=1S/C29H43N5O2/c30-27-32-29(19-23-9-5-2-6-10-23,16-15-22-7-3-1-4-8-22)26(35)34(27)21-25-13-11-24(12-14-25)20-33-18-17-31-28(33)36/h11-14,22-23H,1-10,15-21H2,(H2,30,32)(H,31,36). The number of hydrogen-bond acceptors (Lipinski definition) is 3. The Bertz CT molecular complexity index is 935. The molecule has 7 nitrogen and oxygen atoms in total. The lowest BCUT2D eigenvalue weighted by molar-refractivity contribution is -0.132. The molecule has 1 unspecified atom stereocenters. The first-order valence-electron chi connectivity index (χ1n) is 14.3. The van der Waals surface area contributed by atoms with E-state index >= 15 is 0 Å². The maximum atomic E-state index is 14.0. The molecule has 0 radical (unpaired) electrons. The molecule has 36 heavy (non-hydrogen) atoms. The van der Waals surface area contributed by atoms with Crippen molar-refractivity contribution in [1.82, 2.24) is 20.4 Å². The number of guanidine groups is 1. The minimum Gasteiger partial charge on any atom is -0.342 e. The summed E-state index contributed by atoms with van der Waals surface area (Å²) in [5.41, 5.74) is 1.49. The van der Waals surface area contributed by atoms with Crippen molar-refractivity contribution in [1.29, 1.82) is 5.41 Å². The van der Waals surface area contributed by atoms with Crippen molar-refractivity contribution >= 4 is 17.9 Å². The fourth-order valence-corrected chi connectivity index (χ4v) is 6.89. The fraction of sp³-hybridized carbons (Fsp3) is 0.690. The Balaban J connectivity index is 1.26. The molecule has 4 aliphatic rings. The summed E-state index contributed by atoms with van der Waals surface area (Å²) in [6.45, 7) is 2.45. The normalized spacial score (nSPS) is 25.9. The predicted molar refractivity (Wildman–Crippen MR) is 141 cm³/mol. The summed E-state index contributed by atoms with van der Waals surface area (Å²) < 4.78 is 0. The van der Waals surface area contributed by atoms with Crippen LogP contribution in [0.15, 0.2) is 24.3 Å². The molecule has 1 atom stereocenters. The molecule has 3 N–H and O–H groups in total. The molecule has 5 rings (SSSR count). The van der Waals surface area contributed by atoms with Gasteiger partial charge in [0, 0.05) is 19.6 Å². The number of nitrogens with one attached hydrogen (secondary N) is 3. The Labute approximate surface area is 215 Å². The van der Waals surface area contributed by atoms with Crippen LogP contribution in [0.5, 0.6) is 0 Å². The maximum absolute atomic E-state index is 14.0. The molecule has 1 aromatic carbocycles. The third-order valence-electron chi connectivity index (χ3n) is 9.03. The first-order valence-corrected chi connectivity index (χ1v) is 14.3. The largest absolute Gasteiger partial charge is 0.342 e. The van der Waals surface area contributed by atoms with Crippen LogP contribution in [0, 0.1) is 17.2 Å². The van der Waals surface area contributed by atoms with Crippen molar-refractivity contribution in [3.63, 3.8) is 0 Å². The third kappa shape index (κ3) is 5.70. The van der Waals surface area contributed by atoms with Crippen LogP contribution in [0.2, 0.25) is 0 Å². The number of carbonyl (C=O) groups is 2. The molecule has 196 valence electrons. The van der Waals surface area contributed by atoms with Crippen molar-refractivity contribution in [2.75, 3.05) is 13.1 Å². The molecule has 2 saturated carbocycles. The van der Waals surface area contributed by atoms with Gasteiger partial charge in [-0.3, -0.25) is 15.1 Å². The number of hydrogen-bond donors (Lipinski definition) is 3. The lowest BCUT2D eigenvalue weighted by atomic mass is 9.75. The lowest BCUT2D eigenvalue weighted by Crippen LogP contribution is -2.49. The van der Waals surface area contributed by atoms with Crippen LogP contribution in [-0.4, -0.2) is 46.3 Å². The molecular weight excluding hydrogens is 450 g/mol. The second-order valence-corrected chi connectivity index (χ2v) is 11.7. The molecular formula is C29H43N5O2. The van der Waals surface area contributed by atoms with Gasteiger partial charge in [0.05, 0.1) is 6.54 Å². The Hall–Kier alpha value is -2.57. The van der Waals surface area contributed by atoms with Crippen molar-refractivity contribution in [2.45, 2.75) is 102 Å². The Morgan fingerprint density at radius 1 is 0.861 bits per heavy atom. The van der Waals surface area contributed by atoms with Gasteiger partial charge in [0.2, 0.25) is 0 Å². The monoisotopic (exact) mass is 493 g/mol. The predicted octanol–water partition coefficient (Wildman–Crippen LogP) is 5.15. The van der Waals surface area contributed by atoms with E-state index in [0.717, 1.165) is 42.9 Å². The van der Waals surface area contributed by atoms with Crippen molar-refractivity contribution in [3.05, 3.63) is 35.4 Å². The molecule has 2 aliphatic carbocycles. The van der Waals surface area contributed by atoms with E-state index in [4.69, 9.17) is 5.41 Å². The van der Waals surface area contributed by atoms with Crippen molar-refractivity contribution in [3.8, 4) is 0 Å². The van der Waals surface area contributed by atoms with Gasteiger partial charge in [0.25, 0.3) is 5.91 Å². The number of nitrogens with zero attached hydrogens (tertiary/aromatic N) is 2. The van der Waals surface area contributed by atoms with Gasteiger partial charge < -0.3 is 15.5 Å². The molecule has 0 aromatic heterocycles. The van der Waals surface area contributed by atoms with Crippen molar-refractivity contribution in [2.24, 2.45) is 11.8 Å². The Kier molecular flexibility index (Phi) is 7.82. The molecule has 2 saturated heterocycles. The van der Waals surface area contributed by atoms with Gasteiger partial charge in [-0.1, -0.05) is 88.5 Å². The SMILES string of the molecule is N=C1NC(CCC2CCCCC2)(CC2CCCCC2)C(=O)N1Cc1ccc(CN2CCNC2=O)cc1. The van der Waals surface area contributed by atoms with Crippen LogP contribution in [-0.2, 0) is 17.9 Å². The summed E-state index contributed by atoms with van der Waals surface area (Å²) in [5, 5.41) is 15.0. The molecule has 2 heterocycles. The van der Waals surface area contributed by atoms with E-state index in [0.29, 0.717) is 25.6 Å². The minimum atomic E-state index is -0.612. The van der Waals surface area contributed by atoms with E-state index in [9.17, 15) is 9.59 Å². The average molecular weight is 494 g/mol. The number of benzene rings is 1. The number of carbonyl (C=O) groups excluding carboxylic acids is 2. The Morgan fingerprint density at radius 3 is 2.08 bits per heavy atom. The molecule has 3 amide bonds. The van der Waals surface area contributed by atoms with Gasteiger partial charge in [-0.05, 0) is 42.2 Å². The van der Waals surface area contributed by atoms with Crippen LogP contribution in [0.3, 0.4) is 0 Å². The van der Waals surface area contributed by atoms with E-state index in [2.05, 4.69) is 10.6 Å².